The molecule has 0 atom stereocenters. The van der Waals surface area contributed by atoms with Gasteiger partial charge in [-0.1, -0.05) is 57.9 Å². The van der Waals surface area contributed by atoms with Crippen LogP contribution in [0.4, 0.5) is 0 Å². The largest absolute Gasteiger partial charge is 0.492 e. The Kier molecular flexibility index (Phi) is 10.6. The minimum Gasteiger partial charge on any atom is -0.492 e. The van der Waals surface area contributed by atoms with Crippen LogP contribution in [0.5, 0.6) is 5.75 Å². The molecule has 0 aliphatic heterocycles. The minimum atomic E-state index is 0.818. The first-order valence-corrected chi connectivity index (χ1v) is 9.13. The molecule has 1 rings (SSSR count). The van der Waals surface area contributed by atoms with Crippen molar-refractivity contribution in [3.05, 3.63) is 28.2 Å². The Morgan fingerprint density at radius 2 is 1.67 bits per heavy atom. The van der Waals surface area contributed by atoms with E-state index in [1.54, 1.807) is 0 Å². The molecule has 120 valence electrons. The second-order valence-electron chi connectivity index (χ2n) is 5.62. The van der Waals surface area contributed by atoms with Gasteiger partial charge in [0.05, 0.1) is 11.1 Å². The summed E-state index contributed by atoms with van der Waals surface area (Å²) in [5.41, 5.74) is 1.27. The van der Waals surface area contributed by atoms with Crippen LogP contribution in [0, 0.1) is 0 Å². The van der Waals surface area contributed by atoms with E-state index in [1.165, 1.54) is 50.5 Å². The normalized spacial score (nSPS) is 10.8. The highest BCUT2D eigenvalue weighted by molar-refractivity contribution is 9.10. The predicted octanol–water partition coefficient (Wildman–Crippen LogP) is 5.69. The summed E-state index contributed by atoms with van der Waals surface area (Å²) in [5.74, 6) is 0.956. The molecule has 0 aliphatic carbocycles. The average Bonchev–Trinajstić information content (AvgIpc) is 2.48. The van der Waals surface area contributed by atoms with Crippen LogP contribution in [0.3, 0.4) is 0 Å². The number of ether oxygens (including phenoxy) is 1. The number of nitrogens with one attached hydrogen (secondary N) is 1. The second-order valence-corrected chi connectivity index (χ2v) is 6.47. The highest BCUT2D eigenvalue weighted by atomic mass is 79.9. The quantitative estimate of drug-likeness (QED) is 0.486. The SMILES string of the molecule is CCCCCCCCCCOc1ccc(CNC)cc1Br. The van der Waals surface area contributed by atoms with E-state index in [0.717, 1.165) is 29.8 Å². The van der Waals surface area contributed by atoms with Crippen molar-refractivity contribution in [3.8, 4) is 5.75 Å². The van der Waals surface area contributed by atoms with Gasteiger partial charge < -0.3 is 10.1 Å². The third-order valence-corrected chi connectivity index (χ3v) is 4.25. The van der Waals surface area contributed by atoms with Crippen LogP contribution >= 0.6 is 15.9 Å². The maximum atomic E-state index is 5.85. The van der Waals surface area contributed by atoms with Crippen LogP contribution in [0.2, 0.25) is 0 Å². The molecule has 1 aromatic rings. The van der Waals surface area contributed by atoms with Gasteiger partial charge in [0, 0.05) is 6.54 Å². The van der Waals surface area contributed by atoms with E-state index in [9.17, 15) is 0 Å². The molecule has 0 unspecified atom stereocenters. The Bertz CT molecular complexity index is 381. The van der Waals surface area contributed by atoms with Crippen LogP contribution in [0.25, 0.3) is 0 Å². The molecule has 0 saturated carbocycles. The highest BCUT2D eigenvalue weighted by Crippen LogP contribution is 2.26. The summed E-state index contributed by atoms with van der Waals surface area (Å²) in [6.07, 6.45) is 10.7. The summed E-state index contributed by atoms with van der Waals surface area (Å²) >= 11 is 3.58. The standard InChI is InChI=1S/C18H30BrNO/c1-3-4-5-6-7-8-9-10-13-21-18-12-11-16(15-20-2)14-17(18)19/h11-12,14,20H,3-10,13,15H2,1-2H3. The van der Waals surface area contributed by atoms with Crippen LogP contribution in [0.1, 0.15) is 63.9 Å². The topological polar surface area (TPSA) is 21.3 Å². The average molecular weight is 356 g/mol. The molecule has 0 heterocycles. The van der Waals surface area contributed by atoms with Crippen LogP contribution in [-0.2, 0) is 6.54 Å². The van der Waals surface area contributed by atoms with Crippen molar-refractivity contribution in [2.45, 2.75) is 64.8 Å². The van der Waals surface area contributed by atoms with Crippen LogP contribution in [0.15, 0.2) is 22.7 Å². The number of benzene rings is 1. The highest BCUT2D eigenvalue weighted by Gasteiger charge is 2.02. The van der Waals surface area contributed by atoms with Gasteiger partial charge in [-0.2, -0.15) is 0 Å². The molecule has 1 aromatic carbocycles. The van der Waals surface area contributed by atoms with E-state index in [4.69, 9.17) is 4.74 Å². The summed E-state index contributed by atoms with van der Waals surface area (Å²) < 4.78 is 6.90. The van der Waals surface area contributed by atoms with E-state index >= 15 is 0 Å². The number of hydrogen-bond acceptors (Lipinski definition) is 2. The molecule has 0 radical (unpaired) electrons. The van der Waals surface area contributed by atoms with Gasteiger partial charge in [0.25, 0.3) is 0 Å². The maximum absolute atomic E-state index is 5.85. The molecule has 0 aromatic heterocycles. The van der Waals surface area contributed by atoms with Crippen molar-refractivity contribution in [2.24, 2.45) is 0 Å². The molecule has 1 N–H and O–H groups in total. The Hall–Kier alpha value is -0.540. The second kappa shape index (κ2) is 12.0. The van der Waals surface area contributed by atoms with Crippen molar-refractivity contribution in [3.63, 3.8) is 0 Å². The molecule has 3 heteroatoms. The number of halogens is 1. The van der Waals surface area contributed by atoms with E-state index in [1.807, 2.05) is 7.05 Å². The van der Waals surface area contributed by atoms with Gasteiger partial charge in [-0.15, -0.1) is 0 Å². The molecule has 0 bridgehead atoms. The predicted molar refractivity (Wildman–Crippen MR) is 95.0 cm³/mol. The number of rotatable bonds is 12. The number of unbranched alkanes of at least 4 members (excludes halogenated alkanes) is 7. The van der Waals surface area contributed by atoms with Crippen molar-refractivity contribution in [1.82, 2.24) is 5.32 Å². The first-order chi connectivity index (χ1) is 10.3. The zero-order chi connectivity index (χ0) is 15.3. The molecule has 2 nitrogen and oxygen atoms in total. The lowest BCUT2D eigenvalue weighted by molar-refractivity contribution is 0.302. The van der Waals surface area contributed by atoms with E-state index in [0.29, 0.717) is 0 Å². The summed E-state index contributed by atoms with van der Waals surface area (Å²) in [4.78, 5) is 0. The summed E-state index contributed by atoms with van der Waals surface area (Å²) in [6, 6.07) is 6.30. The van der Waals surface area contributed by atoms with Gasteiger partial charge in [0.2, 0.25) is 0 Å². The van der Waals surface area contributed by atoms with E-state index < -0.39 is 0 Å². The summed E-state index contributed by atoms with van der Waals surface area (Å²) in [6.45, 7) is 3.97. The Balaban J connectivity index is 2.10. The van der Waals surface area contributed by atoms with Gasteiger partial charge >= 0.3 is 0 Å². The smallest absolute Gasteiger partial charge is 0.133 e. The first kappa shape index (κ1) is 18.5. The van der Waals surface area contributed by atoms with Gasteiger partial charge in [0.1, 0.15) is 5.75 Å². The van der Waals surface area contributed by atoms with Gasteiger partial charge in [-0.3, -0.25) is 0 Å². The monoisotopic (exact) mass is 355 g/mol. The van der Waals surface area contributed by atoms with Crippen molar-refractivity contribution in [1.29, 1.82) is 0 Å². The van der Waals surface area contributed by atoms with Crippen molar-refractivity contribution >= 4 is 15.9 Å². The zero-order valence-electron chi connectivity index (χ0n) is 13.6. The Morgan fingerprint density at radius 3 is 2.29 bits per heavy atom. The van der Waals surface area contributed by atoms with Gasteiger partial charge in [-0.05, 0) is 47.1 Å². The maximum Gasteiger partial charge on any atom is 0.133 e. The fraction of sp³-hybridized carbons (Fsp3) is 0.667. The first-order valence-electron chi connectivity index (χ1n) is 8.33. The van der Waals surface area contributed by atoms with E-state index in [-0.39, 0.29) is 0 Å². The lowest BCUT2D eigenvalue weighted by Gasteiger charge is -2.10. The van der Waals surface area contributed by atoms with Crippen molar-refractivity contribution < 1.29 is 4.74 Å². The lowest BCUT2D eigenvalue weighted by atomic mass is 10.1. The fourth-order valence-corrected chi connectivity index (χ4v) is 2.93. The molecule has 0 saturated heterocycles. The van der Waals surface area contributed by atoms with Crippen LogP contribution < -0.4 is 10.1 Å². The molecule has 0 spiro atoms. The summed E-state index contributed by atoms with van der Waals surface area (Å²) in [7, 11) is 1.96. The van der Waals surface area contributed by atoms with E-state index in [2.05, 4.69) is 46.4 Å². The van der Waals surface area contributed by atoms with Gasteiger partial charge in [-0.25, -0.2) is 0 Å². The Labute approximate surface area is 138 Å². The molecular weight excluding hydrogens is 326 g/mol. The molecule has 0 aliphatic rings. The molecule has 21 heavy (non-hydrogen) atoms. The lowest BCUT2D eigenvalue weighted by Crippen LogP contribution is -2.05. The fourth-order valence-electron chi connectivity index (χ4n) is 2.39. The molecule has 0 fully saturated rings. The third-order valence-electron chi connectivity index (χ3n) is 3.63. The van der Waals surface area contributed by atoms with Crippen LogP contribution in [-0.4, -0.2) is 13.7 Å². The number of hydrogen-bond donors (Lipinski definition) is 1. The van der Waals surface area contributed by atoms with Crippen molar-refractivity contribution in [2.75, 3.05) is 13.7 Å². The summed E-state index contributed by atoms with van der Waals surface area (Å²) in [5, 5.41) is 3.15. The minimum absolute atomic E-state index is 0.818. The molecular formula is C18H30BrNO. The zero-order valence-corrected chi connectivity index (χ0v) is 15.2. The van der Waals surface area contributed by atoms with Gasteiger partial charge in [0.15, 0.2) is 0 Å². The molecule has 0 amide bonds. The third kappa shape index (κ3) is 8.47. The Morgan fingerprint density at radius 1 is 1.00 bits per heavy atom.